The number of anilines is 1. The summed E-state index contributed by atoms with van der Waals surface area (Å²) in [4.78, 5) is 2.40. The number of rotatable bonds is 2. The molecule has 2 bridgehead atoms. The number of fused-ring (bicyclic) bond motifs is 3. The van der Waals surface area contributed by atoms with Crippen molar-refractivity contribution in [3.63, 3.8) is 0 Å². The van der Waals surface area contributed by atoms with E-state index in [1.165, 1.54) is 18.9 Å². The third-order valence-electron chi connectivity index (χ3n) is 4.01. The molecule has 5 heteroatoms. The number of halogens is 3. The van der Waals surface area contributed by atoms with Crippen molar-refractivity contribution in [1.29, 1.82) is 0 Å². The maximum Gasteiger partial charge on any atom is 0.149 e. The summed E-state index contributed by atoms with van der Waals surface area (Å²) in [6.07, 6.45) is 2.34. The summed E-state index contributed by atoms with van der Waals surface area (Å²) in [5.74, 6) is -0.475. The van der Waals surface area contributed by atoms with Gasteiger partial charge in [0, 0.05) is 18.7 Å². The largest absolute Gasteiger partial charge is 0.378 e. The number of hydrogen-bond acceptors (Lipinski definition) is 2. The lowest BCUT2D eigenvalue weighted by molar-refractivity contribution is 0.0974. The van der Waals surface area contributed by atoms with Gasteiger partial charge >= 0.3 is 0 Å². The van der Waals surface area contributed by atoms with E-state index in [0.29, 0.717) is 16.1 Å². The molecular formula is C13H15BrF2N2. The Bertz CT molecular complexity index is 459. The van der Waals surface area contributed by atoms with Crippen molar-refractivity contribution in [3.05, 3.63) is 28.2 Å². The topological polar surface area (TPSA) is 15.3 Å². The smallest absolute Gasteiger partial charge is 0.149 e. The molecule has 3 aliphatic rings. The van der Waals surface area contributed by atoms with E-state index in [2.05, 4.69) is 26.1 Å². The monoisotopic (exact) mass is 316 g/mol. The Morgan fingerprint density at radius 3 is 2.50 bits per heavy atom. The first-order valence-corrected chi connectivity index (χ1v) is 7.06. The minimum atomic E-state index is -0.563. The molecule has 98 valence electrons. The number of nitrogens with one attached hydrogen (secondary N) is 1. The number of piperidine rings is 3. The molecule has 3 saturated heterocycles. The fourth-order valence-electron chi connectivity index (χ4n) is 2.96. The van der Waals surface area contributed by atoms with Crippen molar-refractivity contribution < 1.29 is 8.78 Å². The molecular weight excluding hydrogens is 302 g/mol. The van der Waals surface area contributed by atoms with E-state index in [1.54, 1.807) is 0 Å². The molecule has 3 aliphatic heterocycles. The number of nitrogens with zero attached hydrogens (tertiary/aromatic N) is 1. The predicted octanol–water partition coefficient (Wildman–Crippen LogP) is 3.23. The van der Waals surface area contributed by atoms with Crippen molar-refractivity contribution in [3.8, 4) is 0 Å². The van der Waals surface area contributed by atoms with Crippen LogP contribution in [-0.4, -0.2) is 30.6 Å². The highest BCUT2D eigenvalue weighted by molar-refractivity contribution is 9.10. The molecule has 1 N–H and O–H groups in total. The summed E-state index contributed by atoms with van der Waals surface area (Å²) in [6.45, 7) is 3.26. The van der Waals surface area contributed by atoms with Gasteiger partial charge in [-0.15, -0.1) is 0 Å². The zero-order chi connectivity index (χ0) is 12.7. The summed E-state index contributed by atoms with van der Waals surface area (Å²) >= 11 is 3.09. The van der Waals surface area contributed by atoms with Gasteiger partial charge in [0.25, 0.3) is 0 Å². The molecule has 1 aromatic carbocycles. The number of hydrogen-bond donors (Lipinski definition) is 1. The van der Waals surface area contributed by atoms with Gasteiger partial charge < -0.3 is 10.2 Å². The summed E-state index contributed by atoms with van der Waals surface area (Å²) in [5.41, 5.74) is 0.391. The molecule has 1 aromatic rings. The van der Waals surface area contributed by atoms with Crippen LogP contribution in [0.5, 0.6) is 0 Å². The lowest BCUT2D eigenvalue weighted by Crippen LogP contribution is -2.53. The fraction of sp³-hybridized carbons (Fsp3) is 0.538. The van der Waals surface area contributed by atoms with Gasteiger partial charge in [0.1, 0.15) is 11.6 Å². The Morgan fingerprint density at radius 2 is 1.89 bits per heavy atom. The van der Waals surface area contributed by atoms with Crippen LogP contribution < -0.4 is 5.32 Å². The second kappa shape index (κ2) is 4.78. The Labute approximate surface area is 113 Å². The second-order valence-corrected chi connectivity index (χ2v) is 5.99. The Balaban J connectivity index is 1.78. The van der Waals surface area contributed by atoms with Gasteiger partial charge in [-0.05, 0) is 53.8 Å². The van der Waals surface area contributed by atoms with Crippen LogP contribution in [0.15, 0.2) is 16.6 Å². The van der Waals surface area contributed by atoms with E-state index in [4.69, 9.17) is 0 Å². The molecule has 0 aromatic heterocycles. The number of benzene rings is 1. The lowest BCUT2D eigenvalue weighted by atomic mass is 9.84. The van der Waals surface area contributed by atoms with Crippen LogP contribution in [0.25, 0.3) is 0 Å². The van der Waals surface area contributed by atoms with Gasteiger partial charge in [-0.3, -0.25) is 0 Å². The van der Waals surface area contributed by atoms with Gasteiger partial charge in [0.05, 0.1) is 10.2 Å². The molecule has 18 heavy (non-hydrogen) atoms. The molecule has 0 saturated carbocycles. The maximum atomic E-state index is 13.7. The van der Waals surface area contributed by atoms with Crippen LogP contribution >= 0.6 is 15.9 Å². The van der Waals surface area contributed by atoms with E-state index in [-0.39, 0.29) is 6.04 Å². The average Bonchev–Trinajstić information content (AvgIpc) is 2.37. The van der Waals surface area contributed by atoms with E-state index < -0.39 is 11.6 Å². The third kappa shape index (κ3) is 2.26. The predicted molar refractivity (Wildman–Crippen MR) is 70.6 cm³/mol. The molecule has 3 heterocycles. The van der Waals surface area contributed by atoms with Crippen molar-refractivity contribution in [2.75, 3.05) is 25.0 Å². The molecule has 1 atom stereocenters. The van der Waals surface area contributed by atoms with Gasteiger partial charge in [-0.2, -0.15) is 0 Å². The normalized spacial score (nSPS) is 30.5. The van der Waals surface area contributed by atoms with E-state index in [0.717, 1.165) is 25.7 Å². The molecule has 4 rings (SSSR count). The van der Waals surface area contributed by atoms with E-state index >= 15 is 0 Å². The fourth-order valence-corrected chi connectivity index (χ4v) is 3.30. The zero-order valence-electron chi connectivity index (χ0n) is 9.93. The first-order chi connectivity index (χ1) is 8.63. The minimum Gasteiger partial charge on any atom is -0.378 e. The highest BCUT2D eigenvalue weighted by Gasteiger charge is 2.34. The molecule has 0 spiro atoms. The first-order valence-electron chi connectivity index (χ1n) is 6.27. The molecule has 0 amide bonds. The second-order valence-electron chi connectivity index (χ2n) is 5.14. The van der Waals surface area contributed by atoms with Crippen LogP contribution in [0.2, 0.25) is 0 Å². The summed E-state index contributed by atoms with van der Waals surface area (Å²) in [6, 6.07) is 2.69. The summed E-state index contributed by atoms with van der Waals surface area (Å²) in [5, 5.41) is 3.24. The van der Waals surface area contributed by atoms with Crippen molar-refractivity contribution >= 4 is 21.6 Å². The Morgan fingerprint density at radius 1 is 1.17 bits per heavy atom. The first kappa shape index (κ1) is 12.4. The summed E-state index contributed by atoms with van der Waals surface area (Å²) in [7, 11) is 0. The highest BCUT2D eigenvalue weighted by atomic mass is 79.9. The Hall–Kier alpha value is -0.680. The van der Waals surface area contributed by atoms with Gasteiger partial charge in [0.15, 0.2) is 0 Å². The van der Waals surface area contributed by atoms with Crippen LogP contribution in [0, 0.1) is 17.6 Å². The average molecular weight is 317 g/mol. The summed E-state index contributed by atoms with van der Waals surface area (Å²) < 4.78 is 27.2. The van der Waals surface area contributed by atoms with Gasteiger partial charge in [-0.25, -0.2) is 8.78 Å². The third-order valence-corrected chi connectivity index (χ3v) is 4.61. The maximum absolute atomic E-state index is 13.7. The van der Waals surface area contributed by atoms with Gasteiger partial charge in [0.2, 0.25) is 0 Å². The minimum absolute atomic E-state index is 0.277. The molecule has 0 radical (unpaired) electrons. The molecule has 1 unspecified atom stereocenters. The quantitative estimate of drug-likeness (QED) is 0.843. The highest BCUT2D eigenvalue weighted by Crippen LogP contribution is 2.31. The zero-order valence-corrected chi connectivity index (χ0v) is 11.5. The van der Waals surface area contributed by atoms with Gasteiger partial charge in [-0.1, -0.05) is 0 Å². The van der Waals surface area contributed by atoms with E-state index in [1.807, 2.05) is 0 Å². The standard InChI is InChI=1S/C13H15BrF2N2/c14-9-5-12(11(16)6-10(9)15)17-13-7-18-3-1-8(13)2-4-18/h5-6,8,13,17H,1-4,7H2. The molecule has 2 nitrogen and oxygen atoms in total. The van der Waals surface area contributed by atoms with Crippen molar-refractivity contribution in [2.45, 2.75) is 18.9 Å². The SMILES string of the molecule is Fc1cc(F)c(NC2CN3CCC2CC3)cc1Br. The lowest BCUT2D eigenvalue weighted by Gasteiger charge is -2.45. The van der Waals surface area contributed by atoms with Crippen LogP contribution in [0.1, 0.15) is 12.8 Å². The van der Waals surface area contributed by atoms with Crippen molar-refractivity contribution in [2.24, 2.45) is 5.92 Å². The van der Waals surface area contributed by atoms with Crippen LogP contribution in [-0.2, 0) is 0 Å². The van der Waals surface area contributed by atoms with E-state index in [9.17, 15) is 8.78 Å². The van der Waals surface area contributed by atoms with Crippen LogP contribution in [0.4, 0.5) is 14.5 Å². The van der Waals surface area contributed by atoms with Crippen molar-refractivity contribution in [1.82, 2.24) is 4.90 Å². The Kier molecular flexibility index (Phi) is 3.28. The molecule has 0 aliphatic carbocycles. The molecule has 3 fully saturated rings. The van der Waals surface area contributed by atoms with Crippen LogP contribution in [0.3, 0.4) is 0 Å².